The highest BCUT2D eigenvalue weighted by Crippen LogP contribution is 2.39. The van der Waals surface area contributed by atoms with Crippen LogP contribution in [-0.2, 0) is 12.6 Å². The molecule has 4 aromatic rings. The summed E-state index contributed by atoms with van der Waals surface area (Å²) in [4.78, 5) is 14.2. The molecule has 0 aliphatic rings. The minimum Gasteiger partial charge on any atom is -0.384 e. The highest BCUT2D eigenvalue weighted by Gasteiger charge is 2.22. The third kappa shape index (κ3) is 4.38. The second-order valence-electron chi connectivity index (χ2n) is 7.89. The van der Waals surface area contributed by atoms with Gasteiger partial charge in [0.05, 0.1) is 5.69 Å². The highest BCUT2D eigenvalue weighted by molar-refractivity contribution is 7.99. The van der Waals surface area contributed by atoms with Gasteiger partial charge >= 0.3 is 0 Å². The molecule has 158 valence electrons. The van der Waals surface area contributed by atoms with Crippen molar-refractivity contribution in [3.63, 3.8) is 0 Å². The molecule has 3 aromatic heterocycles. The zero-order valence-electron chi connectivity index (χ0n) is 17.8. The SMILES string of the molecule is Cc1ccc(Sc2c(-c3ccc(C(C)(C)O)nc3)nc(-c3ccccn3)n2C)c(F)c1. The van der Waals surface area contributed by atoms with E-state index in [1.54, 1.807) is 38.4 Å². The van der Waals surface area contributed by atoms with Crippen molar-refractivity contribution in [2.24, 2.45) is 7.05 Å². The van der Waals surface area contributed by atoms with Crippen LogP contribution in [0.2, 0.25) is 0 Å². The summed E-state index contributed by atoms with van der Waals surface area (Å²) in [6, 6.07) is 14.5. The zero-order chi connectivity index (χ0) is 22.2. The predicted octanol–water partition coefficient (Wildman–Crippen LogP) is 5.37. The minimum atomic E-state index is -1.04. The molecule has 3 heterocycles. The zero-order valence-corrected chi connectivity index (χ0v) is 18.6. The van der Waals surface area contributed by atoms with Crippen molar-refractivity contribution >= 4 is 11.8 Å². The first kappa shape index (κ1) is 21.2. The maximum atomic E-state index is 14.6. The normalized spacial score (nSPS) is 11.7. The van der Waals surface area contributed by atoms with Crippen LogP contribution in [-0.4, -0.2) is 24.6 Å². The van der Waals surface area contributed by atoms with Gasteiger partial charge < -0.3 is 9.67 Å². The Labute approximate surface area is 185 Å². The minimum absolute atomic E-state index is 0.271. The van der Waals surface area contributed by atoms with Crippen LogP contribution < -0.4 is 0 Å². The van der Waals surface area contributed by atoms with Crippen LogP contribution in [0.5, 0.6) is 0 Å². The Kier molecular flexibility index (Phi) is 5.64. The van der Waals surface area contributed by atoms with E-state index in [2.05, 4.69) is 9.97 Å². The molecule has 1 N–H and O–H groups in total. The fourth-order valence-electron chi connectivity index (χ4n) is 3.20. The number of rotatable bonds is 5. The van der Waals surface area contributed by atoms with E-state index in [-0.39, 0.29) is 5.82 Å². The van der Waals surface area contributed by atoms with Gasteiger partial charge in [-0.1, -0.05) is 23.9 Å². The van der Waals surface area contributed by atoms with E-state index >= 15 is 0 Å². The van der Waals surface area contributed by atoms with Gasteiger partial charge in [-0.25, -0.2) is 9.37 Å². The van der Waals surface area contributed by atoms with E-state index < -0.39 is 5.60 Å². The van der Waals surface area contributed by atoms with Crippen molar-refractivity contribution in [2.75, 3.05) is 0 Å². The van der Waals surface area contributed by atoms with Gasteiger partial charge in [0.25, 0.3) is 0 Å². The van der Waals surface area contributed by atoms with Gasteiger partial charge in [-0.2, -0.15) is 0 Å². The van der Waals surface area contributed by atoms with Crippen LogP contribution in [0.25, 0.3) is 22.8 Å². The fraction of sp³-hybridized carbons (Fsp3) is 0.208. The summed E-state index contributed by atoms with van der Waals surface area (Å²) in [5.41, 5.74) is 2.58. The van der Waals surface area contributed by atoms with E-state index in [4.69, 9.17) is 4.98 Å². The first-order valence-corrected chi connectivity index (χ1v) is 10.7. The first-order chi connectivity index (χ1) is 14.7. The van der Waals surface area contributed by atoms with E-state index in [0.717, 1.165) is 21.8 Å². The molecule has 0 radical (unpaired) electrons. The molecule has 31 heavy (non-hydrogen) atoms. The molecule has 5 nitrogen and oxygen atoms in total. The van der Waals surface area contributed by atoms with Gasteiger partial charge in [0, 0.05) is 29.9 Å². The summed E-state index contributed by atoms with van der Waals surface area (Å²) in [5.74, 6) is 0.407. The molecular weight excluding hydrogens is 411 g/mol. The number of imidazole rings is 1. The largest absolute Gasteiger partial charge is 0.384 e. The van der Waals surface area contributed by atoms with Crippen LogP contribution in [0.15, 0.2) is 70.8 Å². The lowest BCUT2D eigenvalue weighted by atomic mass is 10.0. The Morgan fingerprint density at radius 2 is 1.87 bits per heavy atom. The topological polar surface area (TPSA) is 63.8 Å². The Hall–Kier alpha value is -3.03. The van der Waals surface area contributed by atoms with E-state index in [9.17, 15) is 9.50 Å². The number of aliphatic hydroxyl groups is 1. The number of nitrogens with zero attached hydrogens (tertiary/aromatic N) is 4. The molecule has 0 fully saturated rings. The van der Waals surface area contributed by atoms with Crippen molar-refractivity contribution in [3.05, 3.63) is 78.0 Å². The molecule has 0 bridgehead atoms. The Morgan fingerprint density at radius 3 is 2.48 bits per heavy atom. The number of hydrogen-bond donors (Lipinski definition) is 1. The van der Waals surface area contributed by atoms with Crippen molar-refractivity contribution in [1.82, 2.24) is 19.5 Å². The molecule has 0 aliphatic carbocycles. The number of pyridine rings is 2. The number of hydrogen-bond acceptors (Lipinski definition) is 5. The monoisotopic (exact) mass is 434 g/mol. The molecule has 0 saturated heterocycles. The molecule has 7 heteroatoms. The van der Waals surface area contributed by atoms with Crippen molar-refractivity contribution < 1.29 is 9.50 Å². The molecule has 1 aromatic carbocycles. The van der Waals surface area contributed by atoms with Gasteiger partial charge in [-0.3, -0.25) is 9.97 Å². The van der Waals surface area contributed by atoms with E-state index in [1.165, 1.54) is 17.8 Å². The lowest BCUT2D eigenvalue weighted by Gasteiger charge is -2.16. The molecule has 0 unspecified atom stereocenters. The number of benzene rings is 1. The van der Waals surface area contributed by atoms with Crippen LogP contribution >= 0.6 is 11.8 Å². The first-order valence-electron chi connectivity index (χ1n) is 9.85. The van der Waals surface area contributed by atoms with Crippen molar-refractivity contribution in [2.45, 2.75) is 36.3 Å². The smallest absolute Gasteiger partial charge is 0.159 e. The third-order valence-corrected chi connectivity index (χ3v) is 6.11. The van der Waals surface area contributed by atoms with Gasteiger partial charge in [0.1, 0.15) is 27.8 Å². The van der Waals surface area contributed by atoms with E-state index in [0.29, 0.717) is 22.1 Å². The average Bonchev–Trinajstić information content (AvgIpc) is 3.06. The molecule has 0 aliphatic heterocycles. The highest BCUT2D eigenvalue weighted by atomic mass is 32.2. The van der Waals surface area contributed by atoms with Crippen LogP contribution in [0.3, 0.4) is 0 Å². The van der Waals surface area contributed by atoms with Gasteiger partial charge in [0.15, 0.2) is 5.82 Å². The molecular formula is C24H23FN4OS. The summed E-state index contributed by atoms with van der Waals surface area (Å²) >= 11 is 1.32. The maximum absolute atomic E-state index is 14.6. The van der Waals surface area contributed by atoms with Gasteiger partial charge in [-0.05, 0) is 62.7 Å². The summed E-state index contributed by atoms with van der Waals surface area (Å²) < 4.78 is 16.5. The lowest BCUT2D eigenvalue weighted by molar-refractivity contribution is 0.0739. The van der Waals surface area contributed by atoms with Crippen molar-refractivity contribution in [3.8, 4) is 22.8 Å². The molecule has 0 saturated carbocycles. The second kappa shape index (κ2) is 8.24. The molecule has 0 amide bonds. The lowest BCUT2D eigenvalue weighted by Crippen LogP contribution is -2.17. The summed E-state index contributed by atoms with van der Waals surface area (Å²) in [5, 5.41) is 11.0. The van der Waals surface area contributed by atoms with Gasteiger partial charge in [0.2, 0.25) is 0 Å². The van der Waals surface area contributed by atoms with Crippen LogP contribution in [0, 0.1) is 12.7 Å². The van der Waals surface area contributed by atoms with Crippen molar-refractivity contribution in [1.29, 1.82) is 0 Å². The number of aromatic nitrogens is 4. The second-order valence-corrected chi connectivity index (χ2v) is 8.92. The predicted molar refractivity (Wildman–Crippen MR) is 120 cm³/mol. The average molecular weight is 435 g/mol. The number of aryl methyl sites for hydroxylation is 1. The number of halogens is 1. The molecule has 0 atom stereocenters. The quantitative estimate of drug-likeness (QED) is 0.457. The van der Waals surface area contributed by atoms with Crippen LogP contribution in [0.4, 0.5) is 4.39 Å². The fourth-order valence-corrected chi connectivity index (χ4v) is 4.19. The Bertz CT molecular complexity index is 1220. The Morgan fingerprint density at radius 1 is 1.06 bits per heavy atom. The summed E-state index contributed by atoms with van der Waals surface area (Å²) in [6.45, 7) is 5.24. The van der Waals surface area contributed by atoms with Crippen LogP contribution in [0.1, 0.15) is 25.1 Å². The summed E-state index contributed by atoms with van der Waals surface area (Å²) in [7, 11) is 1.90. The standard InChI is InChI=1S/C24H23FN4OS/c1-15-8-10-19(17(25)13-15)31-23-21(16-9-11-20(27-14-16)24(2,3)30)28-22(29(23)4)18-7-5-6-12-26-18/h5-14,30H,1-4H3. The molecule has 0 spiro atoms. The maximum Gasteiger partial charge on any atom is 0.159 e. The third-order valence-electron chi connectivity index (χ3n) is 4.89. The van der Waals surface area contributed by atoms with E-state index in [1.807, 2.05) is 48.9 Å². The Balaban J connectivity index is 1.85. The summed E-state index contributed by atoms with van der Waals surface area (Å²) in [6.07, 6.45) is 3.41. The molecule has 4 rings (SSSR count). The van der Waals surface area contributed by atoms with Gasteiger partial charge in [-0.15, -0.1) is 0 Å².